The average Bonchev–Trinajstić information content (AvgIpc) is 2.98. The summed E-state index contributed by atoms with van der Waals surface area (Å²) in [5, 5.41) is 7.01. The molecule has 3 heterocycles. The first-order chi connectivity index (χ1) is 8.75. The minimum absolute atomic E-state index is 0.503. The molecule has 6 heteroatoms. The van der Waals surface area contributed by atoms with Crippen molar-refractivity contribution >= 4 is 17.2 Å². The zero-order chi connectivity index (χ0) is 12.5. The van der Waals surface area contributed by atoms with E-state index in [2.05, 4.69) is 15.1 Å². The maximum Gasteiger partial charge on any atom is 0.133 e. The van der Waals surface area contributed by atoms with Gasteiger partial charge in [0.2, 0.25) is 0 Å². The molecule has 0 aliphatic heterocycles. The van der Waals surface area contributed by atoms with Crippen LogP contribution in [-0.2, 0) is 7.05 Å². The van der Waals surface area contributed by atoms with Gasteiger partial charge in [-0.15, -0.1) is 11.3 Å². The predicted molar refractivity (Wildman–Crippen MR) is 72.0 cm³/mol. The third-order valence-electron chi connectivity index (χ3n) is 2.66. The van der Waals surface area contributed by atoms with Crippen LogP contribution >= 0.6 is 11.3 Å². The number of thiazole rings is 1. The number of anilines is 1. The second-order valence-electron chi connectivity index (χ2n) is 3.81. The highest BCUT2D eigenvalue weighted by Gasteiger charge is 2.11. The first-order valence-corrected chi connectivity index (χ1v) is 6.28. The molecule has 0 spiro atoms. The molecule has 90 valence electrons. The largest absolute Gasteiger partial charge is 0.383 e. The van der Waals surface area contributed by atoms with E-state index in [4.69, 9.17) is 5.73 Å². The topological polar surface area (TPSA) is 69.6 Å². The van der Waals surface area contributed by atoms with Crippen LogP contribution in [0.15, 0.2) is 36.0 Å². The van der Waals surface area contributed by atoms with E-state index in [1.54, 1.807) is 28.4 Å². The van der Waals surface area contributed by atoms with Gasteiger partial charge in [-0.3, -0.25) is 4.68 Å². The van der Waals surface area contributed by atoms with Crippen molar-refractivity contribution in [2.24, 2.45) is 7.05 Å². The summed E-state index contributed by atoms with van der Waals surface area (Å²) in [6.07, 6.45) is 3.43. The number of nitrogens with two attached hydrogens (primary N) is 1. The van der Waals surface area contributed by atoms with Gasteiger partial charge < -0.3 is 5.73 Å². The van der Waals surface area contributed by atoms with Crippen LogP contribution in [0.5, 0.6) is 0 Å². The molecule has 0 amide bonds. The van der Waals surface area contributed by atoms with Gasteiger partial charge in [-0.1, -0.05) is 0 Å². The van der Waals surface area contributed by atoms with Crippen molar-refractivity contribution in [2.45, 2.75) is 0 Å². The van der Waals surface area contributed by atoms with Gasteiger partial charge in [-0.2, -0.15) is 5.10 Å². The standard InChI is InChI=1S/C12H11N5S/c1-17-10(4-6-15-17)9-7-18-12(16-9)8-3-2-5-14-11(8)13/h2-7H,1H3,(H2,13,14). The molecule has 0 aliphatic carbocycles. The predicted octanol–water partition coefficient (Wildman–Crippen LogP) is 2.19. The molecule has 0 radical (unpaired) electrons. The van der Waals surface area contributed by atoms with E-state index >= 15 is 0 Å². The van der Waals surface area contributed by atoms with E-state index in [9.17, 15) is 0 Å². The Bertz CT molecular complexity index is 685. The lowest BCUT2D eigenvalue weighted by Crippen LogP contribution is -1.94. The second-order valence-corrected chi connectivity index (χ2v) is 4.67. The maximum atomic E-state index is 5.85. The number of nitrogen functional groups attached to an aromatic ring is 1. The normalized spacial score (nSPS) is 10.7. The molecule has 0 atom stereocenters. The Morgan fingerprint density at radius 3 is 2.89 bits per heavy atom. The molecule has 0 aromatic carbocycles. The van der Waals surface area contributed by atoms with E-state index in [0.29, 0.717) is 5.82 Å². The third kappa shape index (κ3) is 1.76. The minimum Gasteiger partial charge on any atom is -0.383 e. The third-order valence-corrected chi connectivity index (χ3v) is 3.53. The Hall–Kier alpha value is -2.21. The smallest absolute Gasteiger partial charge is 0.133 e. The van der Waals surface area contributed by atoms with E-state index in [1.807, 2.05) is 30.6 Å². The first-order valence-electron chi connectivity index (χ1n) is 5.40. The summed E-state index contributed by atoms with van der Waals surface area (Å²) in [4.78, 5) is 8.65. The number of rotatable bonds is 2. The maximum absolute atomic E-state index is 5.85. The lowest BCUT2D eigenvalue weighted by molar-refractivity contribution is 0.774. The Labute approximate surface area is 108 Å². The van der Waals surface area contributed by atoms with Crippen LogP contribution in [0.2, 0.25) is 0 Å². The lowest BCUT2D eigenvalue weighted by atomic mass is 10.2. The molecule has 3 aromatic rings. The number of hydrogen-bond donors (Lipinski definition) is 1. The monoisotopic (exact) mass is 257 g/mol. The minimum atomic E-state index is 0.503. The van der Waals surface area contributed by atoms with Crippen LogP contribution in [-0.4, -0.2) is 19.7 Å². The fourth-order valence-electron chi connectivity index (χ4n) is 1.74. The molecular formula is C12H11N5S. The van der Waals surface area contributed by atoms with Gasteiger partial charge in [-0.05, 0) is 18.2 Å². The van der Waals surface area contributed by atoms with Crippen molar-refractivity contribution in [1.29, 1.82) is 0 Å². The molecule has 0 aliphatic rings. The Kier molecular flexibility index (Phi) is 2.56. The lowest BCUT2D eigenvalue weighted by Gasteiger charge is -1.99. The van der Waals surface area contributed by atoms with Crippen molar-refractivity contribution in [1.82, 2.24) is 19.7 Å². The highest BCUT2D eigenvalue weighted by Crippen LogP contribution is 2.30. The summed E-state index contributed by atoms with van der Waals surface area (Å²) in [5.74, 6) is 0.503. The number of pyridine rings is 1. The van der Waals surface area contributed by atoms with Gasteiger partial charge in [0.25, 0.3) is 0 Å². The molecule has 0 unspecified atom stereocenters. The van der Waals surface area contributed by atoms with Crippen molar-refractivity contribution in [3.05, 3.63) is 36.0 Å². The summed E-state index contributed by atoms with van der Waals surface area (Å²) in [7, 11) is 1.90. The molecule has 0 saturated heterocycles. The summed E-state index contributed by atoms with van der Waals surface area (Å²) in [6.45, 7) is 0. The van der Waals surface area contributed by atoms with Crippen LogP contribution in [0.25, 0.3) is 22.0 Å². The molecule has 0 fully saturated rings. The molecule has 0 saturated carbocycles. The summed E-state index contributed by atoms with van der Waals surface area (Å²) in [5.41, 5.74) is 8.61. The number of nitrogens with zero attached hydrogens (tertiary/aromatic N) is 4. The Balaban J connectivity index is 2.05. The zero-order valence-corrected chi connectivity index (χ0v) is 10.6. The van der Waals surface area contributed by atoms with Gasteiger partial charge >= 0.3 is 0 Å². The van der Waals surface area contributed by atoms with Gasteiger partial charge in [0.15, 0.2) is 0 Å². The highest BCUT2D eigenvalue weighted by atomic mass is 32.1. The van der Waals surface area contributed by atoms with Gasteiger partial charge in [-0.25, -0.2) is 9.97 Å². The zero-order valence-electron chi connectivity index (χ0n) is 9.74. The fraction of sp³-hybridized carbons (Fsp3) is 0.0833. The highest BCUT2D eigenvalue weighted by molar-refractivity contribution is 7.13. The Morgan fingerprint density at radius 2 is 2.17 bits per heavy atom. The number of hydrogen-bond acceptors (Lipinski definition) is 5. The summed E-state index contributed by atoms with van der Waals surface area (Å²) >= 11 is 1.55. The molecule has 0 bridgehead atoms. The summed E-state index contributed by atoms with van der Waals surface area (Å²) < 4.78 is 1.80. The Morgan fingerprint density at radius 1 is 1.28 bits per heavy atom. The first kappa shape index (κ1) is 10.9. The summed E-state index contributed by atoms with van der Waals surface area (Å²) in [6, 6.07) is 5.72. The van der Waals surface area contributed by atoms with Crippen LogP contribution in [0, 0.1) is 0 Å². The molecule has 5 nitrogen and oxygen atoms in total. The van der Waals surface area contributed by atoms with Crippen molar-refractivity contribution in [2.75, 3.05) is 5.73 Å². The molecular weight excluding hydrogens is 246 g/mol. The SMILES string of the molecule is Cn1nccc1-c1csc(-c2cccnc2N)n1. The molecule has 3 rings (SSSR count). The van der Waals surface area contributed by atoms with Gasteiger partial charge in [0, 0.05) is 24.8 Å². The average molecular weight is 257 g/mol. The quantitative estimate of drug-likeness (QED) is 0.764. The van der Waals surface area contributed by atoms with E-state index in [0.717, 1.165) is 22.0 Å². The van der Waals surface area contributed by atoms with Crippen LogP contribution in [0.4, 0.5) is 5.82 Å². The van der Waals surface area contributed by atoms with E-state index in [1.165, 1.54) is 0 Å². The molecule has 2 N–H and O–H groups in total. The van der Waals surface area contributed by atoms with Crippen molar-refractivity contribution in [3.8, 4) is 22.0 Å². The number of aromatic nitrogens is 4. The molecule has 18 heavy (non-hydrogen) atoms. The van der Waals surface area contributed by atoms with E-state index < -0.39 is 0 Å². The van der Waals surface area contributed by atoms with Crippen molar-refractivity contribution < 1.29 is 0 Å². The van der Waals surface area contributed by atoms with Crippen LogP contribution in [0.1, 0.15) is 0 Å². The van der Waals surface area contributed by atoms with Crippen LogP contribution < -0.4 is 5.73 Å². The van der Waals surface area contributed by atoms with Crippen molar-refractivity contribution in [3.63, 3.8) is 0 Å². The fourth-order valence-corrected chi connectivity index (χ4v) is 2.59. The van der Waals surface area contributed by atoms with Gasteiger partial charge in [0.1, 0.15) is 10.8 Å². The second kappa shape index (κ2) is 4.23. The van der Waals surface area contributed by atoms with Gasteiger partial charge in [0.05, 0.1) is 17.0 Å². The van der Waals surface area contributed by atoms with Crippen LogP contribution in [0.3, 0.4) is 0 Å². The number of aryl methyl sites for hydroxylation is 1. The van der Waals surface area contributed by atoms with E-state index in [-0.39, 0.29) is 0 Å². The molecule has 3 aromatic heterocycles.